The largest absolute Gasteiger partial charge is 0.438 e. The number of benzene rings is 2. The first-order valence-corrected chi connectivity index (χ1v) is 7.09. The second-order valence-electron chi connectivity index (χ2n) is 4.91. The van der Waals surface area contributed by atoms with Crippen LogP contribution in [-0.4, -0.2) is 4.98 Å². The first kappa shape index (κ1) is 13.9. The molecule has 1 atom stereocenters. The summed E-state index contributed by atoms with van der Waals surface area (Å²) in [6.45, 7) is 1.92. The van der Waals surface area contributed by atoms with Crippen LogP contribution in [0.3, 0.4) is 0 Å². The second kappa shape index (κ2) is 5.72. The smallest absolute Gasteiger partial charge is 0.219 e. The minimum Gasteiger partial charge on any atom is -0.438 e. The first-order valence-electron chi connectivity index (χ1n) is 6.72. The van der Waals surface area contributed by atoms with E-state index in [1.165, 1.54) is 0 Å². The predicted molar refractivity (Wildman–Crippen MR) is 85.9 cm³/mol. The van der Waals surface area contributed by atoms with E-state index in [0.29, 0.717) is 10.9 Å². The van der Waals surface area contributed by atoms with E-state index in [1.54, 1.807) is 6.20 Å². The summed E-state index contributed by atoms with van der Waals surface area (Å²) in [4.78, 5) is 4.29. The molecule has 0 amide bonds. The van der Waals surface area contributed by atoms with Gasteiger partial charge in [0.1, 0.15) is 5.75 Å². The molecule has 0 spiro atoms. The molecule has 0 fully saturated rings. The summed E-state index contributed by atoms with van der Waals surface area (Å²) >= 11 is 6.20. The molecule has 0 aliphatic heterocycles. The Labute approximate surface area is 128 Å². The molecule has 106 valence electrons. The van der Waals surface area contributed by atoms with Gasteiger partial charge in [-0.2, -0.15) is 0 Å². The van der Waals surface area contributed by atoms with Gasteiger partial charge in [-0.25, -0.2) is 4.98 Å². The Bertz CT molecular complexity index is 769. The summed E-state index contributed by atoms with van der Waals surface area (Å²) in [5.74, 6) is 1.27. The van der Waals surface area contributed by atoms with Crippen molar-refractivity contribution in [2.45, 2.75) is 13.0 Å². The molecule has 21 heavy (non-hydrogen) atoms. The van der Waals surface area contributed by atoms with Crippen LogP contribution < -0.4 is 10.5 Å². The van der Waals surface area contributed by atoms with Gasteiger partial charge in [-0.1, -0.05) is 41.9 Å². The van der Waals surface area contributed by atoms with E-state index in [2.05, 4.69) is 4.98 Å². The minimum absolute atomic E-state index is 0.0390. The second-order valence-corrected chi connectivity index (χ2v) is 5.32. The van der Waals surface area contributed by atoms with Gasteiger partial charge >= 0.3 is 0 Å². The van der Waals surface area contributed by atoms with Crippen LogP contribution in [0.5, 0.6) is 11.6 Å². The highest BCUT2D eigenvalue weighted by molar-refractivity contribution is 6.35. The van der Waals surface area contributed by atoms with Crippen LogP contribution in [0.2, 0.25) is 5.02 Å². The van der Waals surface area contributed by atoms with Crippen LogP contribution in [0.4, 0.5) is 0 Å². The maximum Gasteiger partial charge on any atom is 0.219 e. The van der Waals surface area contributed by atoms with Gasteiger partial charge in [-0.15, -0.1) is 0 Å². The number of pyridine rings is 1. The highest BCUT2D eigenvalue weighted by Gasteiger charge is 2.07. The monoisotopic (exact) mass is 298 g/mol. The standard InChI is InChI=1S/C17H15ClN2O/c1-11(19)12-6-9-17(20-10-12)21-16-8-7-15(18)13-4-2-3-5-14(13)16/h2-11H,19H2,1H3. The molecule has 3 aromatic rings. The van der Waals surface area contributed by atoms with Gasteiger partial charge in [-0.3, -0.25) is 0 Å². The minimum atomic E-state index is -0.0390. The molecule has 0 saturated carbocycles. The zero-order chi connectivity index (χ0) is 14.8. The topological polar surface area (TPSA) is 48.1 Å². The molecule has 0 bridgehead atoms. The number of fused-ring (bicyclic) bond motifs is 1. The SMILES string of the molecule is CC(N)c1ccc(Oc2ccc(Cl)c3ccccc23)nc1. The van der Waals surface area contributed by atoms with E-state index >= 15 is 0 Å². The number of nitrogens with two attached hydrogens (primary N) is 1. The number of ether oxygens (including phenoxy) is 1. The first-order chi connectivity index (χ1) is 10.1. The molecule has 1 unspecified atom stereocenters. The molecule has 0 aliphatic carbocycles. The average molecular weight is 299 g/mol. The van der Waals surface area contributed by atoms with Crippen molar-refractivity contribution >= 4 is 22.4 Å². The molecule has 1 heterocycles. The van der Waals surface area contributed by atoms with E-state index in [9.17, 15) is 0 Å². The van der Waals surface area contributed by atoms with Crippen LogP contribution in [-0.2, 0) is 0 Å². The molecule has 2 N–H and O–H groups in total. The molecule has 1 aromatic heterocycles. The fourth-order valence-electron chi connectivity index (χ4n) is 2.16. The van der Waals surface area contributed by atoms with Gasteiger partial charge in [0.15, 0.2) is 0 Å². The highest BCUT2D eigenvalue weighted by Crippen LogP contribution is 2.33. The van der Waals surface area contributed by atoms with Gasteiger partial charge in [0.2, 0.25) is 5.88 Å². The van der Waals surface area contributed by atoms with Crippen LogP contribution in [0.25, 0.3) is 10.8 Å². The Kier molecular flexibility index (Phi) is 3.78. The number of hydrogen-bond donors (Lipinski definition) is 1. The van der Waals surface area contributed by atoms with Gasteiger partial charge in [-0.05, 0) is 24.6 Å². The van der Waals surface area contributed by atoms with Crippen molar-refractivity contribution in [3.63, 3.8) is 0 Å². The molecule has 3 rings (SSSR count). The third kappa shape index (κ3) is 2.84. The van der Waals surface area contributed by atoms with Crippen molar-refractivity contribution in [1.29, 1.82) is 0 Å². The quantitative estimate of drug-likeness (QED) is 0.762. The lowest BCUT2D eigenvalue weighted by Crippen LogP contribution is -2.05. The Morgan fingerprint density at radius 1 is 1.05 bits per heavy atom. The third-order valence-electron chi connectivity index (χ3n) is 3.33. The number of nitrogens with zero attached hydrogens (tertiary/aromatic N) is 1. The van der Waals surface area contributed by atoms with Crippen molar-refractivity contribution < 1.29 is 4.74 Å². The average Bonchev–Trinajstić information content (AvgIpc) is 2.51. The van der Waals surface area contributed by atoms with Crippen LogP contribution in [0.1, 0.15) is 18.5 Å². The van der Waals surface area contributed by atoms with E-state index in [0.717, 1.165) is 22.1 Å². The number of halogens is 1. The maximum absolute atomic E-state index is 6.20. The summed E-state index contributed by atoms with van der Waals surface area (Å²) in [6.07, 6.45) is 1.73. The molecule has 0 radical (unpaired) electrons. The number of rotatable bonds is 3. The lowest BCUT2D eigenvalue weighted by atomic mass is 10.1. The summed E-state index contributed by atoms with van der Waals surface area (Å²) in [5, 5.41) is 2.63. The van der Waals surface area contributed by atoms with Crippen molar-refractivity contribution in [2.75, 3.05) is 0 Å². The molecular formula is C17H15ClN2O. The van der Waals surface area contributed by atoms with Crippen LogP contribution in [0.15, 0.2) is 54.7 Å². The normalized spacial score (nSPS) is 12.3. The Balaban J connectivity index is 1.96. The predicted octanol–water partition coefficient (Wildman–Crippen LogP) is 4.70. The molecule has 2 aromatic carbocycles. The fourth-order valence-corrected chi connectivity index (χ4v) is 2.39. The van der Waals surface area contributed by atoms with E-state index in [4.69, 9.17) is 22.1 Å². The Morgan fingerprint density at radius 3 is 2.48 bits per heavy atom. The van der Waals surface area contributed by atoms with Crippen molar-refractivity contribution in [2.24, 2.45) is 5.73 Å². The van der Waals surface area contributed by atoms with Crippen LogP contribution in [0, 0.1) is 0 Å². The third-order valence-corrected chi connectivity index (χ3v) is 3.66. The molecule has 3 nitrogen and oxygen atoms in total. The van der Waals surface area contributed by atoms with E-state index in [-0.39, 0.29) is 6.04 Å². The highest BCUT2D eigenvalue weighted by atomic mass is 35.5. The lowest BCUT2D eigenvalue weighted by Gasteiger charge is -2.10. The number of hydrogen-bond acceptors (Lipinski definition) is 3. The van der Waals surface area contributed by atoms with Gasteiger partial charge < -0.3 is 10.5 Å². The molecular weight excluding hydrogens is 284 g/mol. The van der Waals surface area contributed by atoms with Gasteiger partial charge in [0.25, 0.3) is 0 Å². The fraction of sp³-hybridized carbons (Fsp3) is 0.118. The van der Waals surface area contributed by atoms with Gasteiger partial charge in [0.05, 0.1) is 0 Å². The summed E-state index contributed by atoms with van der Waals surface area (Å²) in [6, 6.07) is 15.2. The maximum atomic E-state index is 6.20. The summed E-state index contributed by atoms with van der Waals surface area (Å²) < 4.78 is 5.87. The van der Waals surface area contributed by atoms with E-state index < -0.39 is 0 Å². The van der Waals surface area contributed by atoms with Gasteiger partial charge in [0, 0.05) is 34.1 Å². The summed E-state index contributed by atoms with van der Waals surface area (Å²) in [5.41, 5.74) is 6.79. The lowest BCUT2D eigenvalue weighted by molar-refractivity contribution is 0.467. The zero-order valence-corrected chi connectivity index (χ0v) is 12.3. The molecule has 0 aliphatic rings. The van der Waals surface area contributed by atoms with Crippen molar-refractivity contribution in [3.8, 4) is 11.6 Å². The van der Waals surface area contributed by atoms with Crippen molar-refractivity contribution in [1.82, 2.24) is 4.98 Å². The molecule has 4 heteroatoms. The van der Waals surface area contributed by atoms with E-state index in [1.807, 2.05) is 55.5 Å². The summed E-state index contributed by atoms with van der Waals surface area (Å²) in [7, 11) is 0. The van der Waals surface area contributed by atoms with Crippen LogP contribution >= 0.6 is 11.6 Å². The zero-order valence-electron chi connectivity index (χ0n) is 11.6. The number of aromatic nitrogens is 1. The van der Waals surface area contributed by atoms with Crippen molar-refractivity contribution in [3.05, 3.63) is 65.3 Å². The Hall–Kier alpha value is -2.10. The molecule has 0 saturated heterocycles. The Morgan fingerprint density at radius 2 is 1.81 bits per heavy atom.